The fourth-order valence-electron chi connectivity index (χ4n) is 3.41. The molecule has 0 aromatic carbocycles. The predicted octanol–water partition coefficient (Wildman–Crippen LogP) is 1.36. The molecule has 0 radical (unpaired) electrons. The minimum atomic E-state index is -0.688. The number of nitrogens with one attached hydrogen (secondary N) is 1. The molecule has 2 fully saturated rings. The minimum absolute atomic E-state index is 0.309. The highest BCUT2D eigenvalue weighted by Crippen LogP contribution is 2.34. The van der Waals surface area contributed by atoms with Crippen LogP contribution in [0.1, 0.15) is 39.0 Å². The maximum Gasteiger partial charge on any atom is 0.0444 e. The van der Waals surface area contributed by atoms with Gasteiger partial charge in [-0.25, -0.2) is 0 Å². The van der Waals surface area contributed by atoms with E-state index in [-0.39, 0.29) is 0 Å². The Morgan fingerprint density at radius 3 is 2.41 bits per heavy atom. The van der Waals surface area contributed by atoms with Crippen LogP contribution in [-0.4, -0.2) is 52.3 Å². The molecule has 4 heteroatoms. The molecule has 2 bridgehead atoms. The second kappa shape index (κ2) is 5.81. The largest absolute Gasteiger partial charge is 0.317 e. The van der Waals surface area contributed by atoms with Gasteiger partial charge in [0, 0.05) is 47.0 Å². The van der Waals surface area contributed by atoms with E-state index in [1.54, 1.807) is 0 Å². The molecule has 2 aliphatic rings. The van der Waals surface area contributed by atoms with Gasteiger partial charge in [0.25, 0.3) is 0 Å². The zero-order valence-corrected chi connectivity index (χ0v) is 12.1. The molecule has 4 atom stereocenters. The summed E-state index contributed by atoms with van der Waals surface area (Å²) in [6.07, 6.45) is 8.42. The molecule has 0 aromatic heterocycles. The Bertz CT molecular complexity index is 271. The van der Waals surface area contributed by atoms with Gasteiger partial charge in [0.1, 0.15) is 0 Å². The number of rotatable bonds is 4. The van der Waals surface area contributed by atoms with Gasteiger partial charge in [0.05, 0.1) is 0 Å². The Labute approximate surface area is 108 Å². The highest BCUT2D eigenvalue weighted by Gasteiger charge is 2.38. The van der Waals surface area contributed by atoms with Crippen molar-refractivity contribution in [2.45, 2.75) is 62.4 Å². The molecule has 2 saturated heterocycles. The summed E-state index contributed by atoms with van der Waals surface area (Å²) in [5.41, 5.74) is 0. The summed E-state index contributed by atoms with van der Waals surface area (Å²) in [7, 11) is 1.40. The molecule has 4 unspecified atom stereocenters. The molecule has 2 rings (SSSR count). The van der Waals surface area contributed by atoms with Crippen LogP contribution in [0.4, 0.5) is 0 Å². The monoisotopic (exact) mass is 258 g/mol. The molecule has 0 aromatic rings. The maximum absolute atomic E-state index is 11.5. The molecule has 100 valence electrons. The van der Waals surface area contributed by atoms with Gasteiger partial charge in [0.15, 0.2) is 0 Å². The van der Waals surface area contributed by atoms with Gasteiger partial charge in [-0.2, -0.15) is 0 Å². The van der Waals surface area contributed by atoms with E-state index in [2.05, 4.69) is 24.2 Å². The van der Waals surface area contributed by atoms with Crippen LogP contribution in [0.2, 0.25) is 0 Å². The molecule has 0 amide bonds. The normalized spacial score (nSPS) is 37.7. The second-order valence-corrected chi connectivity index (χ2v) is 7.50. The maximum atomic E-state index is 11.5. The van der Waals surface area contributed by atoms with Crippen molar-refractivity contribution in [3.63, 3.8) is 0 Å². The lowest BCUT2D eigenvalue weighted by atomic mass is 9.81. The molecule has 0 saturated carbocycles. The summed E-state index contributed by atoms with van der Waals surface area (Å²) in [6.45, 7) is 3.14. The third kappa shape index (κ3) is 3.09. The fourth-order valence-corrected chi connectivity index (χ4v) is 3.80. The lowest BCUT2D eigenvalue weighted by Gasteiger charge is -2.49. The lowest BCUT2D eigenvalue weighted by Crippen LogP contribution is -2.57. The summed E-state index contributed by atoms with van der Waals surface area (Å²) < 4.78 is 11.5. The highest BCUT2D eigenvalue weighted by atomic mass is 32.2. The smallest absolute Gasteiger partial charge is 0.0444 e. The number of nitrogens with zero attached hydrogens (tertiary/aromatic N) is 1. The predicted molar refractivity (Wildman–Crippen MR) is 73.7 cm³/mol. The van der Waals surface area contributed by atoms with E-state index in [0.29, 0.717) is 11.3 Å². The van der Waals surface area contributed by atoms with Crippen molar-refractivity contribution < 1.29 is 4.21 Å². The quantitative estimate of drug-likeness (QED) is 0.826. The van der Waals surface area contributed by atoms with E-state index in [4.69, 9.17) is 0 Å². The van der Waals surface area contributed by atoms with Crippen molar-refractivity contribution in [3.05, 3.63) is 0 Å². The molecular formula is C13H26N2OS. The molecule has 1 N–H and O–H groups in total. The summed E-state index contributed by atoms with van der Waals surface area (Å²) >= 11 is 0. The molecule has 2 heterocycles. The van der Waals surface area contributed by atoms with E-state index in [1.807, 2.05) is 6.26 Å². The van der Waals surface area contributed by atoms with Gasteiger partial charge in [-0.15, -0.1) is 0 Å². The van der Waals surface area contributed by atoms with Crippen molar-refractivity contribution in [1.29, 1.82) is 0 Å². The van der Waals surface area contributed by atoms with Crippen molar-refractivity contribution in [3.8, 4) is 0 Å². The average molecular weight is 258 g/mol. The van der Waals surface area contributed by atoms with Gasteiger partial charge in [-0.1, -0.05) is 6.42 Å². The number of piperidine rings is 2. The Balaban J connectivity index is 2.00. The highest BCUT2D eigenvalue weighted by molar-refractivity contribution is 7.84. The Hall–Kier alpha value is 0.0700. The number of hydrogen-bond donors (Lipinski definition) is 1. The van der Waals surface area contributed by atoms with Crippen LogP contribution in [0, 0.1) is 0 Å². The number of hydrogen-bond acceptors (Lipinski definition) is 3. The van der Waals surface area contributed by atoms with Crippen LogP contribution in [0.15, 0.2) is 0 Å². The summed E-state index contributed by atoms with van der Waals surface area (Å²) in [5.74, 6) is 0. The van der Waals surface area contributed by atoms with Gasteiger partial charge < -0.3 is 5.32 Å². The Kier molecular flexibility index (Phi) is 4.61. The fraction of sp³-hybridized carbons (Fsp3) is 1.00. The third-order valence-electron chi connectivity index (χ3n) is 4.57. The zero-order chi connectivity index (χ0) is 12.4. The van der Waals surface area contributed by atoms with Crippen LogP contribution in [0.25, 0.3) is 0 Å². The molecule has 0 aliphatic carbocycles. The molecule has 17 heavy (non-hydrogen) atoms. The first-order valence-corrected chi connectivity index (χ1v) is 8.49. The molecule has 0 spiro atoms. The van der Waals surface area contributed by atoms with Crippen LogP contribution in [0.5, 0.6) is 0 Å². The first-order valence-electron chi connectivity index (χ1n) is 6.87. The summed E-state index contributed by atoms with van der Waals surface area (Å²) in [5, 5.41) is 3.75. The van der Waals surface area contributed by atoms with Gasteiger partial charge in [-0.05, 0) is 39.7 Å². The van der Waals surface area contributed by atoms with Crippen molar-refractivity contribution >= 4 is 10.8 Å². The average Bonchev–Trinajstić information content (AvgIpc) is 2.28. The molecule has 3 nitrogen and oxygen atoms in total. The minimum Gasteiger partial charge on any atom is -0.317 e. The van der Waals surface area contributed by atoms with E-state index < -0.39 is 10.8 Å². The van der Waals surface area contributed by atoms with Crippen LogP contribution in [0.3, 0.4) is 0 Å². The standard InChI is InChI=1S/C13H26N2OS/c1-10(17(3)16)9-15-12-5-4-6-13(15)8-11(7-12)14-2/h10-14H,4-9H2,1-3H3. The topological polar surface area (TPSA) is 32.3 Å². The van der Waals surface area contributed by atoms with Gasteiger partial charge in [0.2, 0.25) is 0 Å². The van der Waals surface area contributed by atoms with Crippen LogP contribution >= 0.6 is 0 Å². The SMILES string of the molecule is CNC1CC2CCCC(C1)N2CC(C)S(C)=O. The van der Waals surface area contributed by atoms with E-state index in [0.717, 1.165) is 18.6 Å². The van der Waals surface area contributed by atoms with E-state index >= 15 is 0 Å². The van der Waals surface area contributed by atoms with Crippen molar-refractivity contribution in [2.24, 2.45) is 0 Å². The molecule has 2 aliphatic heterocycles. The zero-order valence-electron chi connectivity index (χ0n) is 11.3. The van der Waals surface area contributed by atoms with Crippen molar-refractivity contribution in [2.75, 3.05) is 19.8 Å². The van der Waals surface area contributed by atoms with Gasteiger partial charge in [-0.3, -0.25) is 9.11 Å². The first kappa shape index (κ1) is 13.5. The lowest BCUT2D eigenvalue weighted by molar-refractivity contribution is 0.0272. The van der Waals surface area contributed by atoms with Gasteiger partial charge >= 0.3 is 0 Å². The summed E-state index contributed by atoms with van der Waals surface area (Å²) in [6, 6.07) is 2.15. The Morgan fingerprint density at radius 1 is 1.35 bits per heavy atom. The van der Waals surface area contributed by atoms with Crippen LogP contribution in [-0.2, 0) is 10.8 Å². The van der Waals surface area contributed by atoms with E-state index in [1.165, 1.54) is 32.1 Å². The first-order chi connectivity index (χ1) is 8.11. The van der Waals surface area contributed by atoms with Crippen molar-refractivity contribution in [1.82, 2.24) is 10.2 Å². The number of fused-ring (bicyclic) bond motifs is 2. The summed E-state index contributed by atoms with van der Waals surface area (Å²) in [4.78, 5) is 2.66. The Morgan fingerprint density at radius 2 is 1.94 bits per heavy atom. The van der Waals surface area contributed by atoms with E-state index in [9.17, 15) is 4.21 Å². The third-order valence-corrected chi connectivity index (χ3v) is 5.85. The van der Waals surface area contributed by atoms with Crippen LogP contribution < -0.4 is 5.32 Å². The second-order valence-electron chi connectivity index (χ2n) is 5.70. The molecular weight excluding hydrogens is 232 g/mol.